The minimum Gasteiger partial charge on any atom is -0.502 e. The number of hydrogen-bond donors (Lipinski definition) is 1. The Morgan fingerprint density at radius 2 is 1.84 bits per heavy atom. The molecule has 0 saturated heterocycles. The molecule has 3 aromatic rings. The van der Waals surface area contributed by atoms with Gasteiger partial charge in [-0.15, -0.1) is 0 Å². The second kappa shape index (κ2) is 7.13. The Bertz CT molecular complexity index is 979. The lowest BCUT2D eigenvalue weighted by molar-refractivity contribution is -0.138. The molecule has 1 N–H and O–H groups in total. The number of carbonyl (C=O) groups excluding carboxylic acids is 1. The van der Waals surface area contributed by atoms with Crippen LogP contribution in [-0.2, 0) is 9.53 Å². The lowest BCUT2D eigenvalue weighted by atomic mass is 10.1. The van der Waals surface area contributed by atoms with E-state index in [2.05, 4.69) is 9.72 Å². The molecule has 0 saturated carbocycles. The molecule has 0 spiro atoms. The molecule has 126 valence electrons. The molecule has 0 amide bonds. The van der Waals surface area contributed by atoms with Crippen LogP contribution in [0.4, 0.5) is 0 Å². The van der Waals surface area contributed by atoms with E-state index >= 15 is 0 Å². The van der Waals surface area contributed by atoms with E-state index in [-0.39, 0.29) is 0 Å². The van der Waals surface area contributed by atoms with Crippen molar-refractivity contribution >= 4 is 46.2 Å². The summed E-state index contributed by atoms with van der Waals surface area (Å²) in [5.41, 5.74) is 2.74. The van der Waals surface area contributed by atoms with E-state index in [1.54, 1.807) is 36.4 Å². The summed E-state index contributed by atoms with van der Waals surface area (Å²) in [6, 6.07) is 14.3. The molecule has 0 aliphatic rings. The highest BCUT2D eigenvalue weighted by Gasteiger charge is 2.11. The van der Waals surface area contributed by atoms with Crippen molar-refractivity contribution in [3.63, 3.8) is 0 Å². The van der Waals surface area contributed by atoms with Crippen LogP contribution in [-0.4, -0.2) is 23.2 Å². The average Bonchev–Trinajstić information content (AvgIpc) is 2.60. The minimum absolute atomic E-state index is 0.464. The van der Waals surface area contributed by atoms with Crippen LogP contribution >= 0.6 is 23.2 Å². The Balaban J connectivity index is 2.04. The van der Waals surface area contributed by atoms with E-state index < -0.39 is 11.7 Å². The highest BCUT2D eigenvalue weighted by molar-refractivity contribution is 6.39. The maximum atomic E-state index is 11.3. The first kappa shape index (κ1) is 17.3. The first-order chi connectivity index (χ1) is 12.0. The summed E-state index contributed by atoms with van der Waals surface area (Å²) >= 11 is 12.5. The topological polar surface area (TPSA) is 59.4 Å². The lowest BCUT2D eigenvalue weighted by Crippen LogP contribution is -2.03. The summed E-state index contributed by atoms with van der Waals surface area (Å²) in [7, 11) is 1.21. The number of nitrogens with zero attached hydrogens (tertiary/aromatic N) is 1. The molecule has 1 heterocycles. The molecular formula is C19H13Cl2NO3. The van der Waals surface area contributed by atoms with Gasteiger partial charge in [-0.25, -0.2) is 9.78 Å². The van der Waals surface area contributed by atoms with Crippen molar-refractivity contribution in [1.29, 1.82) is 0 Å². The van der Waals surface area contributed by atoms with Crippen LogP contribution in [0, 0.1) is 0 Å². The largest absolute Gasteiger partial charge is 0.502 e. The molecule has 0 bridgehead atoms. The molecule has 0 radical (unpaired) electrons. The molecular weight excluding hydrogens is 361 g/mol. The number of carbonyl (C=O) groups is 1. The molecule has 3 rings (SSSR count). The summed E-state index contributed by atoms with van der Waals surface area (Å²) in [6.07, 6.45) is 1.34. The predicted molar refractivity (Wildman–Crippen MR) is 99.8 cm³/mol. The predicted octanol–water partition coefficient (Wildman–Crippen LogP) is 5.28. The normalized spacial score (nSPS) is 11.6. The summed E-state index contributed by atoms with van der Waals surface area (Å²) in [5, 5.41) is 11.5. The van der Waals surface area contributed by atoms with Gasteiger partial charge in [0, 0.05) is 10.9 Å². The molecule has 0 fully saturated rings. The van der Waals surface area contributed by atoms with Gasteiger partial charge in [-0.2, -0.15) is 0 Å². The van der Waals surface area contributed by atoms with Crippen molar-refractivity contribution in [2.45, 2.75) is 0 Å². The third kappa shape index (κ3) is 3.60. The number of aromatic nitrogens is 1. The van der Waals surface area contributed by atoms with E-state index in [4.69, 9.17) is 23.2 Å². The monoisotopic (exact) mass is 373 g/mol. The van der Waals surface area contributed by atoms with Gasteiger partial charge < -0.3 is 9.84 Å². The number of aliphatic hydroxyl groups excluding tert-OH is 1. The quantitative estimate of drug-likeness (QED) is 0.385. The molecule has 0 aliphatic heterocycles. The first-order valence-electron chi connectivity index (χ1n) is 7.34. The highest BCUT2D eigenvalue weighted by atomic mass is 35.5. The van der Waals surface area contributed by atoms with Gasteiger partial charge in [0.1, 0.15) is 0 Å². The Hall–Kier alpha value is -2.56. The molecule has 2 aromatic carbocycles. The fourth-order valence-corrected chi connectivity index (χ4v) is 3.03. The number of esters is 1. The number of ether oxygens (including phenoxy) is 1. The standard InChI is InChI=1S/C19H13Cl2NO3/c1-25-19(24)17(23)10-11-5-7-15-12(9-11)6-8-16(22-15)18-13(20)3-2-4-14(18)21/h2-10,23H,1H3. The summed E-state index contributed by atoms with van der Waals surface area (Å²) in [4.78, 5) is 15.9. The van der Waals surface area contributed by atoms with E-state index in [9.17, 15) is 9.90 Å². The molecule has 0 unspecified atom stereocenters. The van der Waals surface area contributed by atoms with Gasteiger partial charge in [-0.05, 0) is 42.0 Å². The van der Waals surface area contributed by atoms with Gasteiger partial charge >= 0.3 is 5.97 Å². The lowest BCUT2D eigenvalue weighted by Gasteiger charge is -2.08. The zero-order chi connectivity index (χ0) is 18.0. The Kier molecular flexibility index (Phi) is 4.93. The van der Waals surface area contributed by atoms with E-state index in [0.717, 1.165) is 10.9 Å². The summed E-state index contributed by atoms with van der Waals surface area (Å²) in [6.45, 7) is 0. The number of benzene rings is 2. The Morgan fingerprint density at radius 1 is 1.12 bits per heavy atom. The molecule has 0 aliphatic carbocycles. The summed E-state index contributed by atoms with van der Waals surface area (Å²) < 4.78 is 4.46. The highest BCUT2D eigenvalue weighted by Crippen LogP contribution is 2.34. The van der Waals surface area contributed by atoms with Gasteiger partial charge in [0.15, 0.2) is 0 Å². The van der Waals surface area contributed by atoms with Crippen LogP contribution in [0.25, 0.3) is 28.2 Å². The summed E-state index contributed by atoms with van der Waals surface area (Å²) in [5.74, 6) is -1.25. The minimum atomic E-state index is -0.790. The molecule has 1 aromatic heterocycles. The Labute approximate surface area is 154 Å². The van der Waals surface area contributed by atoms with Gasteiger partial charge in [-0.1, -0.05) is 41.4 Å². The van der Waals surface area contributed by atoms with Crippen LogP contribution in [0.5, 0.6) is 0 Å². The van der Waals surface area contributed by atoms with Crippen molar-refractivity contribution in [2.24, 2.45) is 0 Å². The van der Waals surface area contributed by atoms with E-state index in [1.165, 1.54) is 13.2 Å². The van der Waals surface area contributed by atoms with Gasteiger partial charge in [0.25, 0.3) is 0 Å². The van der Waals surface area contributed by atoms with Crippen LogP contribution in [0.1, 0.15) is 5.56 Å². The third-order valence-electron chi connectivity index (χ3n) is 3.63. The molecule has 4 nitrogen and oxygen atoms in total. The zero-order valence-electron chi connectivity index (χ0n) is 13.2. The molecule has 0 atom stereocenters. The van der Waals surface area contributed by atoms with Crippen LogP contribution in [0.2, 0.25) is 10.0 Å². The number of fused-ring (bicyclic) bond motifs is 1. The maximum absolute atomic E-state index is 11.3. The number of hydrogen-bond acceptors (Lipinski definition) is 4. The maximum Gasteiger partial charge on any atom is 0.373 e. The van der Waals surface area contributed by atoms with Crippen molar-refractivity contribution in [1.82, 2.24) is 4.98 Å². The van der Waals surface area contributed by atoms with Crippen molar-refractivity contribution in [3.8, 4) is 11.3 Å². The van der Waals surface area contributed by atoms with E-state index in [0.29, 0.717) is 26.9 Å². The van der Waals surface area contributed by atoms with Crippen LogP contribution in [0.15, 0.2) is 54.3 Å². The van der Waals surface area contributed by atoms with Crippen LogP contribution in [0.3, 0.4) is 0 Å². The fourth-order valence-electron chi connectivity index (χ4n) is 2.44. The SMILES string of the molecule is COC(=O)C(O)=Cc1ccc2nc(-c3c(Cl)cccc3Cl)ccc2c1. The zero-order valence-corrected chi connectivity index (χ0v) is 14.7. The average molecular weight is 374 g/mol. The molecule has 6 heteroatoms. The van der Waals surface area contributed by atoms with Crippen molar-refractivity contribution < 1.29 is 14.6 Å². The molecule has 25 heavy (non-hydrogen) atoms. The second-order valence-corrected chi connectivity index (χ2v) is 6.08. The smallest absolute Gasteiger partial charge is 0.373 e. The van der Waals surface area contributed by atoms with Crippen molar-refractivity contribution in [2.75, 3.05) is 7.11 Å². The van der Waals surface area contributed by atoms with Gasteiger partial charge in [-0.3, -0.25) is 0 Å². The number of aliphatic hydroxyl groups is 1. The number of methoxy groups -OCH3 is 1. The van der Waals surface area contributed by atoms with Crippen LogP contribution < -0.4 is 0 Å². The number of halogens is 2. The van der Waals surface area contributed by atoms with Gasteiger partial charge in [0.2, 0.25) is 5.76 Å². The fraction of sp³-hybridized carbons (Fsp3) is 0.0526. The van der Waals surface area contributed by atoms with Crippen molar-refractivity contribution in [3.05, 3.63) is 69.9 Å². The Morgan fingerprint density at radius 3 is 2.52 bits per heavy atom. The number of rotatable bonds is 3. The number of pyridine rings is 1. The second-order valence-electron chi connectivity index (χ2n) is 5.27. The third-order valence-corrected chi connectivity index (χ3v) is 4.26. The first-order valence-corrected chi connectivity index (χ1v) is 8.09. The van der Waals surface area contributed by atoms with E-state index in [1.807, 2.05) is 12.1 Å². The van der Waals surface area contributed by atoms with Gasteiger partial charge in [0.05, 0.1) is 28.4 Å².